The van der Waals surface area contributed by atoms with Gasteiger partial charge in [0.25, 0.3) is 0 Å². The van der Waals surface area contributed by atoms with Crippen molar-refractivity contribution in [2.45, 2.75) is 45.6 Å². The van der Waals surface area contributed by atoms with Crippen LogP contribution in [0.2, 0.25) is 0 Å². The van der Waals surface area contributed by atoms with Gasteiger partial charge in [-0.3, -0.25) is 4.79 Å². The second-order valence-electron chi connectivity index (χ2n) is 4.98. The van der Waals surface area contributed by atoms with Gasteiger partial charge in [-0.05, 0) is 33.1 Å². The second-order valence-corrected chi connectivity index (χ2v) is 4.98. The van der Waals surface area contributed by atoms with E-state index in [1.165, 1.54) is 0 Å². The van der Waals surface area contributed by atoms with E-state index in [1.54, 1.807) is 0 Å². The maximum atomic E-state index is 11.0. The van der Waals surface area contributed by atoms with Crippen LogP contribution in [0.15, 0.2) is 6.07 Å². The molecule has 2 atom stereocenters. The van der Waals surface area contributed by atoms with E-state index in [1.807, 2.05) is 19.9 Å². The fraction of sp³-hybridized carbons (Fsp3) is 0.615. The lowest BCUT2D eigenvalue weighted by Gasteiger charge is -2.27. The van der Waals surface area contributed by atoms with Gasteiger partial charge in [0, 0.05) is 17.8 Å². The number of nitrogens with one attached hydrogen (secondary N) is 1. The lowest BCUT2D eigenvalue weighted by molar-refractivity contribution is -0.142. The standard InChI is InChI=1S/C13H19N3O2/c1-8-6-12(15-9(2)14-8)16-11-5-3-4-10(7-11)13(17)18/h6,10-11H,3-5,7H2,1-2H3,(H,17,18)(H,14,15,16). The maximum absolute atomic E-state index is 11.0. The number of carbonyl (C=O) groups is 1. The molecular weight excluding hydrogens is 230 g/mol. The fourth-order valence-corrected chi connectivity index (χ4v) is 2.55. The van der Waals surface area contributed by atoms with Crippen molar-refractivity contribution in [3.05, 3.63) is 17.6 Å². The number of rotatable bonds is 3. The highest BCUT2D eigenvalue weighted by atomic mass is 16.4. The number of nitrogens with zero attached hydrogens (tertiary/aromatic N) is 2. The van der Waals surface area contributed by atoms with Crippen molar-refractivity contribution in [2.75, 3.05) is 5.32 Å². The van der Waals surface area contributed by atoms with E-state index < -0.39 is 5.97 Å². The molecular formula is C13H19N3O2. The molecule has 1 aliphatic carbocycles. The molecule has 1 heterocycles. The molecule has 0 radical (unpaired) electrons. The molecule has 1 aromatic heterocycles. The predicted molar refractivity (Wildman–Crippen MR) is 68.5 cm³/mol. The maximum Gasteiger partial charge on any atom is 0.306 e. The molecule has 2 rings (SSSR count). The minimum absolute atomic E-state index is 0.202. The molecule has 98 valence electrons. The van der Waals surface area contributed by atoms with Crippen LogP contribution in [0, 0.1) is 19.8 Å². The van der Waals surface area contributed by atoms with Gasteiger partial charge >= 0.3 is 5.97 Å². The summed E-state index contributed by atoms with van der Waals surface area (Å²) >= 11 is 0. The Morgan fingerprint density at radius 3 is 2.83 bits per heavy atom. The van der Waals surface area contributed by atoms with Gasteiger partial charge in [0.15, 0.2) is 0 Å². The third kappa shape index (κ3) is 3.18. The second kappa shape index (κ2) is 5.33. The third-order valence-electron chi connectivity index (χ3n) is 3.34. The number of aryl methyl sites for hydroxylation is 2. The zero-order valence-corrected chi connectivity index (χ0v) is 10.8. The highest BCUT2D eigenvalue weighted by molar-refractivity contribution is 5.70. The van der Waals surface area contributed by atoms with Crippen LogP contribution in [0.4, 0.5) is 5.82 Å². The average Bonchev–Trinajstić information content (AvgIpc) is 2.27. The summed E-state index contributed by atoms with van der Waals surface area (Å²) in [6.45, 7) is 3.79. The molecule has 1 fully saturated rings. The molecule has 5 nitrogen and oxygen atoms in total. The van der Waals surface area contributed by atoms with Crippen molar-refractivity contribution in [3.8, 4) is 0 Å². The first-order valence-electron chi connectivity index (χ1n) is 6.36. The zero-order valence-electron chi connectivity index (χ0n) is 10.8. The van der Waals surface area contributed by atoms with Crippen LogP contribution in [-0.2, 0) is 4.79 Å². The number of carboxylic acid groups (broad SMARTS) is 1. The molecule has 0 spiro atoms. The fourth-order valence-electron chi connectivity index (χ4n) is 2.55. The van der Waals surface area contributed by atoms with E-state index in [2.05, 4.69) is 15.3 Å². The Kier molecular flexibility index (Phi) is 3.79. The summed E-state index contributed by atoms with van der Waals surface area (Å²) in [7, 11) is 0. The molecule has 2 N–H and O–H groups in total. The number of hydrogen-bond acceptors (Lipinski definition) is 4. The molecule has 1 aromatic rings. The van der Waals surface area contributed by atoms with Crippen molar-refractivity contribution >= 4 is 11.8 Å². The Morgan fingerprint density at radius 2 is 2.17 bits per heavy atom. The molecule has 2 unspecified atom stereocenters. The number of anilines is 1. The Hall–Kier alpha value is -1.65. The molecule has 1 aliphatic rings. The molecule has 18 heavy (non-hydrogen) atoms. The molecule has 0 aromatic carbocycles. The first-order chi connectivity index (χ1) is 8.54. The van der Waals surface area contributed by atoms with Crippen LogP contribution in [0.25, 0.3) is 0 Å². The van der Waals surface area contributed by atoms with E-state index in [9.17, 15) is 4.79 Å². The summed E-state index contributed by atoms with van der Waals surface area (Å²) < 4.78 is 0. The number of carboxylic acids is 1. The summed E-state index contributed by atoms with van der Waals surface area (Å²) in [6, 6.07) is 2.10. The molecule has 0 saturated heterocycles. The minimum atomic E-state index is -0.684. The summed E-state index contributed by atoms with van der Waals surface area (Å²) in [5.74, 6) is 0.635. The summed E-state index contributed by atoms with van der Waals surface area (Å²) in [5.41, 5.74) is 0.926. The number of aliphatic carboxylic acids is 1. The lowest BCUT2D eigenvalue weighted by atomic mass is 9.86. The van der Waals surface area contributed by atoms with Crippen LogP contribution < -0.4 is 5.32 Å². The monoisotopic (exact) mass is 249 g/mol. The molecule has 1 saturated carbocycles. The molecule has 0 bridgehead atoms. The van der Waals surface area contributed by atoms with Gasteiger partial charge in [-0.25, -0.2) is 9.97 Å². The highest BCUT2D eigenvalue weighted by Gasteiger charge is 2.27. The van der Waals surface area contributed by atoms with E-state index in [-0.39, 0.29) is 12.0 Å². The molecule has 0 aliphatic heterocycles. The van der Waals surface area contributed by atoms with E-state index >= 15 is 0 Å². The molecule has 5 heteroatoms. The summed E-state index contributed by atoms with van der Waals surface area (Å²) in [5, 5.41) is 12.4. The number of hydrogen-bond donors (Lipinski definition) is 2. The average molecular weight is 249 g/mol. The van der Waals surface area contributed by atoms with Crippen LogP contribution in [-0.4, -0.2) is 27.1 Å². The largest absolute Gasteiger partial charge is 0.481 e. The third-order valence-corrected chi connectivity index (χ3v) is 3.34. The van der Waals surface area contributed by atoms with Gasteiger partial charge in [0.05, 0.1) is 5.92 Å². The number of aromatic nitrogens is 2. The topological polar surface area (TPSA) is 75.1 Å². The van der Waals surface area contributed by atoms with Gasteiger partial charge in [0.1, 0.15) is 11.6 Å². The van der Waals surface area contributed by atoms with Crippen molar-refractivity contribution < 1.29 is 9.90 Å². The predicted octanol–water partition coefficient (Wildman–Crippen LogP) is 2.15. The van der Waals surface area contributed by atoms with Crippen LogP contribution in [0.1, 0.15) is 37.2 Å². The Balaban J connectivity index is 2.02. The normalized spacial score (nSPS) is 23.7. The first-order valence-corrected chi connectivity index (χ1v) is 6.36. The van der Waals surface area contributed by atoms with E-state index in [0.29, 0.717) is 6.42 Å². The summed E-state index contributed by atoms with van der Waals surface area (Å²) in [6.07, 6.45) is 3.43. The molecule has 0 amide bonds. The Labute approximate surface area is 107 Å². The van der Waals surface area contributed by atoms with E-state index in [0.717, 1.165) is 36.6 Å². The van der Waals surface area contributed by atoms with Gasteiger partial charge in [-0.15, -0.1) is 0 Å². The SMILES string of the molecule is Cc1cc(NC2CCCC(C(=O)O)C2)nc(C)n1. The van der Waals surface area contributed by atoms with Crippen LogP contribution >= 0.6 is 0 Å². The Morgan fingerprint density at radius 1 is 1.39 bits per heavy atom. The highest BCUT2D eigenvalue weighted by Crippen LogP contribution is 2.26. The van der Waals surface area contributed by atoms with Crippen molar-refractivity contribution in [2.24, 2.45) is 5.92 Å². The smallest absolute Gasteiger partial charge is 0.306 e. The van der Waals surface area contributed by atoms with Crippen molar-refractivity contribution in [1.29, 1.82) is 0 Å². The van der Waals surface area contributed by atoms with Gasteiger partial charge in [-0.2, -0.15) is 0 Å². The quantitative estimate of drug-likeness (QED) is 0.858. The Bertz CT molecular complexity index is 428. The van der Waals surface area contributed by atoms with Crippen LogP contribution in [0.3, 0.4) is 0 Å². The first kappa shape index (κ1) is 12.8. The van der Waals surface area contributed by atoms with Gasteiger partial charge in [-0.1, -0.05) is 6.42 Å². The van der Waals surface area contributed by atoms with Crippen molar-refractivity contribution in [1.82, 2.24) is 9.97 Å². The minimum Gasteiger partial charge on any atom is -0.481 e. The summed E-state index contributed by atoms with van der Waals surface area (Å²) in [4.78, 5) is 19.6. The van der Waals surface area contributed by atoms with Gasteiger partial charge in [0.2, 0.25) is 0 Å². The lowest BCUT2D eigenvalue weighted by Crippen LogP contribution is -2.31. The van der Waals surface area contributed by atoms with Gasteiger partial charge < -0.3 is 10.4 Å². The van der Waals surface area contributed by atoms with Crippen LogP contribution in [0.5, 0.6) is 0 Å². The van der Waals surface area contributed by atoms with E-state index in [4.69, 9.17) is 5.11 Å². The zero-order chi connectivity index (χ0) is 13.1. The van der Waals surface area contributed by atoms with Crippen molar-refractivity contribution in [3.63, 3.8) is 0 Å².